The van der Waals surface area contributed by atoms with E-state index in [1.54, 1.807) is 35.2 Å². The molecule has 1 aliphatic rings. The average molecular weight is 619 g/mol. The first-order valence-electron chi connectivity index (χ1n) is 15.3. The molecule has 0 saturated carbocycles. The number of Topliss-reactive ketones (excluding diaryl/α,β-unsaturated/α-hetero) is 1. The Morgan fingerprint density at radius 1 is 0.978 bits per heavy atom. The fourth-order valence-corrected chi connectivity index (χ4v) is 6.11. The summed E-state index contributed by atoms with van der Waals surface area (Å²) in [6, 6.07) is 23.1. The number of rotatable bonds is 12. The molecule has 6 nitrogen and oxygen atoms in total. The molecule has 9 heteroatoms. The molecule has 1 saturated heterocycles. The van der Waals surface area contributed by atoms with E-state index in [9.17, 15) is 27.9 Å². The molecule has 1 N–H and O–H groups in total. The van der Waals surface area contributed by atoms with Crippen molar-refractivity contribution in [1.82, 2.24) is 10.1 Å². The number of ketones is 1. The lowest BCUT2D eigenvalue weighted by atomic mass is 9.85. The first kappa shape index (κ1) is 32.2. The van der Waals surface area contributed by atoms with E-state index in [1.807, 2.05) is 43.3 Å². The van der Waals surface area contributed by atoms with Crippen LogP contribution in [0, 0.1) is 12.8 Å². The molecule has 1 aromatic heterocycles. The molecule has 1 amide bonds. The Hall–Kier alpha value is -4.24. The largest absolute Gasteiger partial charge is 0.416 e. The molecule has 0 aliphatic carbocycles. The van der Waals surface area contributed by atoms with Crippen LogP contribution in [0.1, 0.15) is 87.0 Å². The second-order valence-electron chi connectivity index (χ2n) is 11.8. The fraction of sp³-hybridized carbons (Fsp3) is 0.361. The van der Waals surface area contributed by atoms with Gasteiger partial charge < -0.3 is 14.5 Å². The van der Waals surface area contributed by atoms with Crippen LogP contribution in [0.4, 0.5) is 13.2 Å². The maximum Gasteiger partial charge on any atom is 0.416 e. The van der Waals surface area contributed by atoms with E-state index in [0.29, 0.717) is 54.7 Å². The van der Waals surface area contributed by atoms with Gasteiger partial charge in [0.05, 0.1) is 23.4 Å². The van der Waals surface area contributed by atoms with Crippen molar-refractivity contribution in [2.24, 2.45) is 5.92 Å². The molecule has 1 unspecified atom stereocenters. The summed E-state index contributed by atoms with van der Waals surface area (Å²) in [5.74, 6) is -0.141. The minimum absolute atomic E-state index is 0.0565. The van der Waals surface area contributed by atoms with Crippen molar-refractivity contribution in [2.75, 3.05) is 6.54 Å². The molecular formula is C36H37F3N2O4. The van der Waals surface area contributed by atoms with Gasteiger partial charge in [-0.25, -0.2) is 0 Å². The number of halogens is 3. The predicted octanol–water partition coefficient (Wildman–Crippen LogP) is 7.79. The third-order valence-corrected chi connectivity index (χ3v) is 8.47. The Morgan fingerprint density at radius 3 is 2.44 bits per heavy atom. The van der Waals surface area contributed by atoms with Crippen molar-refractivity contribution < 1.29 is 32.4 Å². The number of benzene rings is 3. The van der Waals surface area contributed by atoms with Crippen LogP contribution in [-0.2, 0) is 19.0 Å². The summed E-state index contributed by atoms with van der Waals surface area (Å²) < 4.78 is 44.8. The van der Waals surface area contributed by atoms with Crippen LogP contribution in [0.3, 0.4) is 0 Å². The van der Waals surface area contributed by atoms with Gasteiger partial charge >= 0.3 is 6.18 Å². The molecular weight excluding hydrogens is 581 g/mol. The Balaban J connectivity index is 1.26. The van der Waals surface area contributed by atoms with Crippen molar-refractivity contribution in [3.05, 3.63) is 124 Å². The van der Waals surface area contributed by atoms with E-state index in [2.05, 4.69) is 5.16 Å². The fourth-order valence-electron chi connectivity index (χ4n) is 6.11. The van der Waals surface area contributed by atoms with Crippen LogP contribution >= 0.6 is 0 Å². The number of aryl methyl sites for hydroxylation is 2. The molecule has 45 heavy (non-hydrogen) atoms. The van der Waals surface area contributed by atoms with Gasteiger partial charge in [0.15, 0.2) is 11.5 Å². The summed E-state index contributed by atoms with van der Waals surface area (Å²) in [5.41, 5.74) is 2.38. The maximum atomic E-state index is 13.6. The number of carbonyl (C=O) groups is 2. The molecule has 2 heterocycles. The molecule has 0 bridgehead atoms. The Morgan fingerprint density at radius 2 is 1.71 bits per heavy atom. The summed E-state index contributed by atoms with van der Waals surface area (Å²) in [6.45, 7) is 2.41. The van der Waals surface area contributed by atoms with Gasteiger partial charge in [-0.2, -0.15) is 13.2 Å². The van der Waals surface area contributed by atoms with Crippen molar-refractivity contribution in [3.8, 4) is 0 Å². The number of hydrogen-bond acceptors (Lipinski definition) is 5. The minimum atomic E-state index is -4.41. The van der Waals surface area contributed by atoms with Gasteiger partial charge in [0, 0.05) is 30.2 Å². The summed E-state index contributed by atoms with van der Waals surface area (Å²) >= 11 is 0. The smallest absolute Gasteiger partial charge is 0.393 e. The molecule has 5 rings (SSSR count). The second-order valence-corrected chi connectivity index (χ2v) is 11.8. The summed E-state index contributed by atoms with van der Waals surface area (Å²) in [6.07, 6.45) is -1.96. The highest BCUT2D eigenvalue weighted by molar-refractivity contribution is 6.00. The first-order chi connectivity index (χ1) is 21.6. The summed E-state index contributed by atoms with van der Waals surface area (Å²) in [7, 11) is 0. The zero-order valence-corrected chi connectivity index (χ0v) is 25.2. The van der Waals surface area contributed by atoms with E-state index < -0.39 is 23.8 Å². The number of likely N-dealkylation sites (tertiary alicyclic amines) is 1. The number of aliphatic hydroxyl groups is 1. The Labute approximate surface area is 260 Å². The van der Waals surface area contributed by atoms with Crippen LogP contribution in [-0.4, -0.2) is 39.5 Å². The zero-order valence-electron chi connectivity index (χ0n) is 25.2. The van der Waals surface area contributed by atoms with Crippen molar-refractivity contribution in [1.29, 1.82) is 0 Å². The molecule has 236 valence electrons. The summed E-state index contributed by atoms with van der Waals surface area (Å²) in [5, 5.41) is 15.2. The number of aliphatic hydroxyl groups excluding tert-OH is 1. The second kappa shape index (κ2) is 14.2. The SMILES string of the molecule is Cc1cc(C2CCCN2C(=O)c2cccc(C(=O)C[C@@H](Cc3ccccc3)[C@H](O)CCCc3cccc(C(F)(F)F)c3)c2)on1. The van der Waals surface area contributed by atoms with Gasteiger partial charge in [0.25, 0.3) is 5.91 Å². The van der Waals surface area contributed by atoms with Gasteiger partial charge in [0.1, 0.15) is 0 Å². The van der Waals surface area contributed by atoms with Crippen molar-refractivity contribution in [2.45, 2.75) is 70.2 Å². The lowest BCUT2D eigenvalue weighted by molar-refractivity contribution is -0.137. The topological polar surface area (TPSA) is 83.6 Å². The number of nitrogens with zero attached hydrogens (tertiary/aromatic N) is 2. The molecule has 0 radical (unpaired) electrons. The highest BCUT2D eigenvalue weighted by Gasteiger charge is 2.34. The number of carbonyl (C=O) groups excluding carboxylic acids is 2. The van der Waals surface area contributed by atoms with E-state index in [1.165, 1.54) is 6.07 Å². The molecule has 1 aliphatic heterocycles. The molecule has 4 aromatic rings. The molecule has 0 spiro atoms. The lowest BCUT2D eigenvalue weighted by Gasteiger charge is -2.24. The van der Waals surface area contributed by atoms with Crippen LogP contribution in [0.25, 0.3) is 0 Å². The average Bonchev–Trinajstić information content (AvgIpc) is 3.70. The normalized spacial score (nSPS) is 16.5. The van der Waals surface area contributed by atoms with Gasteiger partial charge in [-0.05, 0) is 80.7 Å². The standard InChI is InChI=1S/C36H37F3N2O4/c1-24-19-34(45-40-24)31-16-8-18-41(31)35(44)28-14-7-13-27(22-28)33(43)23-29(20-25-9-3-2-4-10-25)32(42)17-6-12-26-11-5-15-30(21-26)36(37,38)39/h2-5,7,9-11,13-15,19,21-22,29,31-32,42H,6,8,12,16-18,20,23H2,1H3/t29-,31?,32-/m1/s1. The van der Waals surface area contributed by atoms with E-state index in [4.69, 9.17) is 4.52 Å². The highest BCUT2D eigenvalue weighted by atomic mass is 19.4. The van der Waals surface area contributed by atoms with E-state index in [0.717, 1.165) is 36.2 Å². The van der Waals surface area contributed by atoms with Gasteiger partial charge in [-0.1, -0.05) is 65.8 Å². The van der Waals surface area contributed by atoms with Crippen LogP contribution in [0.15, 0.2) is 89.5 Å². The van der Waals surface area contributed by atoms with Crippen molar-refractivity contribution >= 4 is 11.7 Å². The van der Waals surface area contributed by atoms with Gasteiger partial charge in [0.2, 0.25) is 0 Å². The van der Waals surface area contributed by atoms with Crippen LogP contribution < -0.4 is 0 Å². The van der Waals surface area contributed by atoms with Gasteiger partial charge in [-0.3, -0.25) is 9.59 Å². The molecule has 3 aromatic carbocycles. The quantitative estimate of drug-likeness (QED) is 0.164. The van der Waals surface area contributed by atoms with E-state index in [-0.39, 0.29) is 24.2 Å². The monoisotopic (exact) mass is 618 g/mol. The third-order valence-electron chi connectivity index (χ3n) is 8.47. The Bertz CT molecular complexity index is 1600. The lowest BCUT2D eigenvalue weighted by Crippen LogP contribution is -2.30. The number of alkyl halides is 3. The van der Waals surface area contributed by atoms with E-state index >= 15 is 0 Å². The first-order valence-corrected chi connectivity index (χ1v) is 15.3. The summed E-state index contributed by atoms with van der Waals surface area (Å²) in [4.78, 5) is 28.9. The number of hydrogen-bond donors (Lipinski definition) is 1. The van der Waals surface area contributed by atoms with Crippen LogP contribution in [0.5, 0.6) is 0 Å². The number of aromatic nitrogens is 1. The predicted molar refractivity (Wildman–Crippen MR) is 164 cm³/mol. The molecule has 3 atom stereocenters. The van der Waals surface area contributed by atoms with Crippen LogP contribution in [0.2, 0.25) is 0 Å². The Kier molecular flexibility index (Phi) is 10.2. The van der Waals surface area contributed by atoms with Gasteiger partial charge in [-0.15, -0.1) is 0 Å². The molecule has 1 fully saturated rings. The minimum Gasteiger partial charge on any atom is -0.393 e. The highest BCUT2D eigenvalue weighted by Crippen LogP contribution is 2.34. The third kappa shape index (κ3) is 8.28. The maximum absolute atomic E-state index is 13.6. The van der Waals surface area contributed by atoms with Crippen molar-refractivity contribution in [3.63, 3.8) is 0 Å². The zero-order chi connectivity index (χ0) is 32.0. The number of amides is 1.